The van der Waals surface area contributed by atoms with E-state index in [4.69, 9.17) is 0 Å². The second kappa shape index (κ2) is 8.30. The van der Waals surface area contributed by atoms with Crippen LogP contribution in [-0.2, 0) is 25.0 Å². The van der Waals surface area contributed by atoms with Gasteiger partial charge in [0.2, 0.25) is 21.8 Å². The minimum atomic E-state index is -3.62. The normalized spacial score (nSPS) is 22.6. The van der Waals surface area contributed by atoms with Gasteiger partial charge >= 0.3 is 0 Å². The second-order valence-corrected chi connectivity index (χ2v) is 11.1. The molecule has 2 aliphatic heterocycles. The average molecular weight is 436 g/mol. The summed E-state index contributed by atoms with van der Waals surface area (Å²) in [6.07, 6.45) is 2.69. The lowest BCUT2D eigenvalue weighted by Crippen LogP contribution is -2.44. The maximum atomic E-state index is 13.2. The van der Waals surface area contributed by atoms with Crippen LogP contribution in [-0.4, -0.2) is 50.2 Å². The number of benzene rings is 1. The summed E-state index contributed by atoms with van der Waals surface area (Å²) in [7, 11) is -3.62. The van der Waals surface area contributed by atoms with Crippen molar-refractivity contribution >= 4 is 27.5 Å². The number of hydrogen-bond acceptors (Lipinski definition) is 4. The molecule has 7 nitrogen and oxygen atoms in total. The van der Waals surface area contributed by atoms with Crippen LogP contribution in [0, 0.1) is 5.92 Å². The Kier molecular flexibility index (Phi) is 6.30. The predicted molar refractivity (Wildman–Crippen MR) is 117 cm³/mol. The summed E-state index contributed by atoms with van der Waals surface area (Å²) < 4.78 is 27.9. The third-order valence-corrected chi connectivity index (χ3v) is 8.15. The van der Waals surface area contributed by atoms with E-state index >= 15 is 0 Å². The lowest BCUT2D eigenvalue weighted by Gasteiger charge is -2.30. The van der Waals surface area contributed by atoms with E-state index in [9.17, 15) is 18.0 Å². The van der Waals surface area contributed by atoms with Crippen LogP contribution in [0.1, 0.15) is 59.4 Å². The third kappa shape index (κ3) is 4.12. The van der Waals surface area contributed by atoms with E-state index < -0.39 is 15.4 Å². The molecule has 2 heterocycles. The Balaban J connectivity index is 1.92. The van der Waals surface area contributed by atoms with Crippen molar-refractivity contribution in [2.45, 2.75) is 70.2 Å². The molecule has 1 aromatic carbocycles. The Morgan fingerprint density at radius 2 is 2.03 bits per heavy atom. The van der Waals surface area contributed by atoms with E-state index in [0.29, 0.717) is 30.3 Å². The van der Waals surface area contributed by atoms with E-state index in [-0.39, 0.29) is 29.3 Å². The molecular formula is C22H33N3O4S. The number of carbonyl (C=O) groups is 2. The Morgan fingerprint density at radius 1 is 1.33 bits per heavy atom. The zero-order chi connectivity index (χ0) is 22.3. The summed E-state index contributed by atoms with van der Waals surface area (Å²) in [5.74, 6) is -0.0845. The number of amides is 2. The van der Waals surface area contributed by atoms with Crippen molar-refractivity contribution in [3.63, 3.8) is 0 Å². The Hall–Kier alpha value is -1.93. The number of anilines is 1. The molecule has 2 atom stereocenters. The molecule has 0 aliphatic carbocycles. The zero-order valence-corrected chi connectivity index (χ0v) is 19.4. The first kappa shape index (κ1) is 22.7. The van der Waals surface area contributed by atoms with Gasteiger partial charge in [0.15, 0.2) is 0 Å². The van der Waals surface area contributed by atoms with Crippen LogP contribution in [0.15, 0.2) is 23.1 Å². The molecule has 0 aromatic heterocycles. The second-order valence-electron chi connectivity index (χ2n) is 9.18. The standard InChI is InChI=1S/C22H33N3O4S/c1-6-16(3)23-20(26)14-25-19-10-9-17(12-18(19)22(4,5)21(25)27)30(28,29)24-11-7-8-15(2)13-24/h9-10,12,15-16H,6-8,11,13-14H2,1-5H3,(H,23,26)/t15-,16-/m0/s1. The summed E-state index contributed by atoms with van der Waals surface area (Å²) in [5.41, 5.74) is 0.359. The highest BCUT2D eigenvalue weighted by Gasteiger charge is 2.45. The Labute approximate surface area is 179 Å². The van der Waals surface area contributed by atoms with Crippen LogP contribution in [0.2, 0.25) is 0 Å². The molecule has 30 heavy (non-hydrogen) atoms. The number of nitrogens with one attached hydrogen (secondary N) is 1. The number of carbonyl (C=O) groups excluding carboxylic acids is 2. The number of fused-ring (bicyclic) bond motifs is 1. The highest BCUT2D eigenvalue weighted by Crippen LogP contribution is 2.42. The van der Waals surface area contributed by atoms with Crippen LogP contribution in [0.25, 0.3) is 0 Å². The molecule has 2 amide bonds. The van der Waals surface area contributed by atoms with Gasteiger partial charge in [-0.2, -0.15) is 4.31 Å². The SMILES string of the molecule is CC[C@H](C)NC(=O)CN1C(=O)C(C)(C)c2cc(S(=O)(=O)N3CCC[C@H](C)C3)ccc21. The monoisotopic (exact) mass is 435 g/mol. The first-order valence-electron chi connectivity index (χ1n) is 10.7. The zero-order valence-electron chi connectivity index (χ0n) is 18.6. The highest BCUT2D eigenvalue weighted by atomic mass is 32.2. The quantitative estimate of drug-likeness (QED) is 0.744. The lowest BCUT2D eigenvalue weighted by atomic mass is 9.86. The van der Waals surface area contributed by atoms with Gasteiger partial charge in [-0.05, 0) is 69.7 Å². The fraction of sp³-hybridized carbons (Fsp3) is 0.636. The molecule has 1 fully saturated rings. The minimum absolute atomic E-state index is 0.0298. The number of rotatable bonds is 6. The van der Waals surface area contributed by atoms with E-state index in [1.165, 1.54) is 4.90 Å². The van der Waals surface area contributed by atoms with Crippen molar-refractivity contribution in [1.29, 1.82) is 0 Å². The average Bonchev–Trinajstić information content (AvgIpc) is 2.88. The molecule has 3 rings (SSSR count). The summed E-state index contributed by atoms with van der Waals surface area (Å²) in [4.78, 5) is 27.1. The number of piperidine rings is 1. The lowest BCUT2D eigenvalue weighted by molar-refractivity contribution is -0.125. The van der Waals surface area contributed by atoms with Gasteiger partial charge in [0.25, 0.3) is 0 Å². The molecule has 2 aliphatic rings. The van der Waals surface area contributed by atoms with Gasteiger partial charge in [-0.15, -0.1) is 0 Å². The van der Waals surface area contributed by atoms with Crippen LogP contribution < -0.4 is 10.2 Å². The van der Waals surface area contributed by atoms with E-state index in [1.54, 1.807) is 36.4 Å². The van der Waals surface area contributed by atoms with Crippen molar-refractivity contribution in [3.8, 4) is 0 Å². The fourth-order valence-corrected chi connectivity index (χ4v) is 5.84. The molecule has 0 spiro atoms. The van der Waals surface area contributed by atoms with Gasteiger partial charge in [0.1, 0.15) is 6.54 Å². The molecular weight excluding hydrogens is 402 g/mol. The summed E-state index contributed by atoms with van der Waals surface area (Å²) in [5, 5.41) is 2.88. The maximum Gasteiger partial charge on any atom is 0.243 e. The third-order valence-electron chi connectivity index (χ3n) is 6.29. The van der Waals surface area contributed by atoms with Gasteiger partial charge in [0.05, 0.1) is 10.3 Å². The number of hydrogen-bond donors (Lipinski definition) is 1. The van der Waals surface area contributed by atoms with Crippen LogP contribution >= 0.6 is 0 Å². The first-order chi connectivity index (χ1) is 14.0. The van der Waals surface area contributed by atoms with Crippen LogP contribution in [0.3, 0.4) is 0 Å². The fourth-order valence-electron chi connectivity index (χ4n) is 4.21. The number of nitrogens with zero attached hydrogens (tertiary/aromatic N) is 2. The highest BCUT2D eigenvalue weighted by molar-refractivity contribution is 7.89. The molecule has 8 heteroatoms. The topological polar surface area (TPSA) is 86.8 Å². The van der Waals surface area contributed by atoms with Gasteiger partial charge in [0, 0.05) is 24.8 Å². The molecule has 1 saturated heterocycles. The molecule has 0 saturated carbocycles. The van der Waals surface area contributed by atoms with E-state index in [0.717, 1.165) is 19.3 Å². The van der Waals surface area contributed by atoms with Crippen molar-refractivity contribution in [2.24, 2.45) is 5.92 Å². The molecule has 0 unspecified atom stereocenters. The van der Waals surface area contributed by atoms with Crippen molar-refractivity contribution in [2.75, 3.05) is 24.5 Å². The predicted octanol–water partition coefficient (Wildman–Crippen LogP) is 2.65. The first-order valence-corrected chi connectivity index (χ1v) is 12.2. The molecule has 1 aromatic rings. The molecule has 166 valence electrons. The summed E-state index contributed by atoms with van der Waals surface area (Å²) in [6.45, 7) is 10.5. The van der Waals surface area contributed by atoms with Gasteiger partial charge in [-0.3, -0.25) is 9.59 Å². The molecule has 1 N–H and O–H groups in total. The molecule has 0 radical (unpaired) electrons. The Bertz CT molecular complexity index is 942. The van der Waals surface area contributed by atoms with Crippen molar-refractivity contribution < 1.29 is 18.0 Å². The summed E-state index contributed by atoms with van der Waals surface area (Å²) >= 11 is 0. The van der Waals surface area contributed by atoms with Gasteiger partial charge in [-0.1, -0.05) is 13.8 Å². The van der Waals surface area contributed by atoms with Crippen LogP contribution in [0.4, 0.5) is 5.69 Å². The smallest absolute Gasteiger partial charge is 0.243 e. The number of sulfonamides is 1. The summed E-state index contributed by atoms with van der Waals surface area (Å²) in [6, 6.07) is 4.87. The molecule has 0 bridgehead atoms. The van der Waals surface area contributed by atoms with Gasteiger partial charge < -0.3 is 10.2 Å². The maximum absolute atomic E-state index is 13.2. The van der Waals surface area contributed by atoms with Gasteiger partial charge in [-0.25, -0.2) is 8.42 Å². The van der Waals surface area contributed by atoms with Crippen molar-refractivity contribution in [1.82, 2.24) is 9.62 Å². The minimum Gasteiger partial charge on any atom is -0.352 e. The van der Waals surface area contributed by atoms with Crippen molar-refractivity contribution in [3.05, 3.63) is 23.8 Å². The Morgan fingerprint density at radius 3 is 2.67 bits per heavy atom. The van der Waals surface area contributed by atoms with E-state index in [2.05, 4.69) is 12.2 Å². The largest absolute Gasteiger partial charge is 0.352 e. The van der Waals surface area contributed by atoms with E-state index in [1.807, 2.05) is 13.8 Å². The van der Waals surface area contributed by atoms with Crippen LogP contribution in [0.5, 0.6) is 0 Å².